The molecule has 3 aromatic rings. The first kappa shape index (κ1) is 17.9. The number of pyridine rings is 1. The second kappa shape index (κ2) is 6.90. The van der Waals surface area contributed by atoms with E-state index in [9.17, 15) is 9.18 Å². The number of aromatic amines is 1. The van der Waals surface area contributed by atoms with Crippen LogP contribution < -0.4 is 5.56 Å². The average molecular weight is 370 g/mol. The number of morpholine rings is 1. The third-order valence-corrected chi connectivity index (χ3v) is 4.91. The van der Waals surface area contributed by atoms with Gasteiger partial charge in [0.2, 0.25) is 0 Å². The predicted octanol–water partition coefficient (Wildman–Crippen LogP) is 2.77. The molecule has 0 radical (unpaired) electrons. The highest BCUT2D eigenvalue weighted by Gasteiger charge is 2.23. The number of fused-ring (bicyclic) bond motifs is 1. The molecule has 0 aliphatic carbocycles. The van der Waals surface area contributed by atoms with Crippen molar-refractivity contribution in [3.05, 3.63) is 57.8 Å². The van der Waals surface area contributed by atoms with Gasteiger partial charge in [0, 0.05) is 30.6 Å². The zero-order valence-electron chi connectivity index (χ0n) is 15.7. The second-order valence-electron chi connectivity index (χ2n) is 7.31. The molecule has 2 atom stereocenters. The molecule has 27 heavy (non-hydrogen) atoms. The summed E-state index contributed by atoms with van der Waals surface area (Å²) >= 11 is 0. The Morgan fingerprint density at radius 1 is 1.22 bits per heavy atom. The summed E-state index contributed by atoms with van der Waals surface area (Å²) in [4.78, 5) is 17.9. The summed E-state index contributed by atoms with van der Waals surface area (Å²) in [5, 5.41) is 5.43. The van der Waals surface area contributed by atoms with Crippen LogP contribution in [0.15, 0.2) is 35.1 Å². The van der Waals surface area contributed by atoms with Crippen LogP contribution in [0.25, 0.3) is 16.7 Å². The highest BCUT2D eigenvalue weighted by Crippen LogP contribution is 2.21. The number of rotatable bonds is 3. The maximum Gasteiger partial charge on any atom is 0.254 e. The zero-order chi connectivity index (χ0) is 19.1. The van der Waals surface area contributed by atoms with Gasteiger partial charge in [0.15, 0.2) is 0 Å². The Morgan fingerprint density at radius 3 is 2.56 bits per heavy atom. The van der Waals surface area contributed by atoms with Crippen molar-refractivity contribution in [1.29, 1.82) is 0 Å². The molecule has 1 saturated heterocycles. The maximum atomic E-state index is 13.2. The van der Waals surface area contributed by atoms with Crippen LogP contribution in [0, 0.1) is 12.7 Å². The fourth-order valence-corrected chi connectivity index (χ4v) is 3.80. The number of ether oxygens (including phenoxy) is 1. The quantitative estimate of drug-likeness (QED) is 0.770. The van der Waals surface area contributed by atoms with Crippen LogP contribution in [0.1, 0.15) is 25.1 Å². The molecule has 6 nitrogen and oxygen atoms in total. The van der Waals surface area contributed by atoms with Crippen LogP contribution in [-0.2, 0) is 11.3 Å². The SMILES string of the molecule is Cc1nn(-c2ccc(F)cc2)c2[nH]c(=O)c(CN3C[C@H](C)O[C@@H](C)C3)cc12. The van der Waals surface area contributed by atoms with Gasteiger partial charge in [-0.15, -0.1) is 0 Å². The third kappa shape index (κ3) is 3.52. The monoisotopic (exact) mass is 370 g/mol. The van der Waals surface area contributed by atoms with E-state index in [0.717, 1.165) is 24.2 Å². The van der Waals surface area contributed by atoms with E-state index >= 15 is 0 Å². The van der Waals surface area contributed by atoms with Gasteiger partial charge in [-0.1, -0.05) is 0 Å². The molecule has 1 aliphatic rings. The van der Waals surface area contributed by atoms with Gasteiger partial charge < -0.3 is 9.72 Å². The number of nitrogens with one attached hydrogen (secondary N) is 1. The van der Waals surface area contributed by atoms with E-state index in [4.69, 9.17) is 4.74 Å². The van der Waals surface area contributed by atoms with Crippen LogP contribution in [0.5, 0.6) is 0 Å². The van der Waals surface area contributed by atoms with E-state index in [0.29, 0.717) is 23.4 Å². The van der Waals surface area contributed by atoms with Crippen molar-refractivity contribution in [2.75, 3.05) is 13.1 Å². The summed E-state index contributed by atoms with van der Waals surface area (Å²) in [6.07, 6.45) is 0.305. The molecule has 0 saturated carbocycles. The summed E-state index contributed by atoms with van der Waals surface area (Å²) in [5.41, 5.74) is 2.73. The molecular formula is C20H23FN4O2. The van der Waals surface area contributed by atoms with Crippen LogP contribution in [0.4, 0.5) is 4.39 Å². The minimum atomic E-state index is -0.309. The van der Waals surface area contributed by atoms with Gasteiger partial charge in [0.1, 0.15) is 11.5 Å². The van der Waals surface area contributed by atoms with Crippen LogP contribution >= 0.6 is 0 Å². The minimum absolute atomic E-state index is 0.127. The molecule has 0 spiro atoms. The van der Waals surface area contributed by atoms with Crippen molar-refractivity contribution in [3.8, 4) is 5.69 Å². The third-order valence-electron chi connectivity index (χ3n) is 4.91. The van der Waals surface area contributed by atoms with Crippen molar-refractivity contribution in [2.45, 2.75) is 39.5 Å². The van der Waals surface area contributed by atoms with Crippen molar-refractivity contribution in [3.63, 3.8) is 0 Å². The van der Waals surface area contributed by atoms with E-state index in [1.807, 2.05) is 26.8 Å². The molecule has 2 aromatic heterocycles. The first-order valence-electron chi connectivity index (χ1n) is 9.16. The Labute approximate surface area is 156 Å². The van der Waals surface area contributed by atoms with E-state index in [1.54, 1.807) is 16.8 Å². The topological polar surface area (TPSA) is 63.2 Å². The van der Waals surface area contributed by atoms with Crippen LogP contribution in [0.2, 0.25) is 0 Å². The van der Waals surface area contributed by atoms with Gasteiger partial charge in [0.05, 0.1) is 23.6 Å². The molecule has 1 N–H and O–H groups in total. The minimum Gasteiger partial charge on any atom is -0.373 e. The maximum absolute atomic E-state index is 13.2. The number of hydrogen-bond acceptors (Lipinski definition) is 4. The predicted molar refractivity (Wildman–Crippen MR) is 102 cm³/mol. The number of nitrogens with zero attached hydrogens (tertiary/aromatic N) is 3. The first-order chi connectivity index (χ1) is 12.9. The molecule has 0 bridgehead atoms. The molecular weight excluding hydrogens is 347 g/mol. The lowest BCUT2D eigenvalue weighted by Crippen LogP contribution is -2.45. The average Bonchev–Trinajstić information content (AvgIpc) is 2.91. The second-order valence-corrected chi connectivity index (χ2v) is 7.31. The largest absolute Gasteiger partial charge is 0.373 e. The van der Waals surface area contributed by atoms with Crippen molar-refractivity contribution in [1.82, 2.24) is 19.7 Å². The fraction of sp³-hybridized carbons (Fsp3) is 0.400. The molecule has 4 rings (SSSR count). The van der Waals surface area contributed by atoms with Gasteiger partial charge in [-0.25, -0.2) is 9.07 Å². The van der Waals surface area contributed by atoms with Gasteiger partial charge in [-0.2, -0.15) is 5.10 Å². The molecule has 0 unspecified atom stereocenters. The highest BCUT2D eigenvalue weighted by molar-refractivity contribution is 5.80. The molecule has 1 aliphatic heterocycles. The normalized spacial score (nSPS) is 21.0. The van der Waals surface area contributed by atoms with Gasteiger partial charge in [0.25, 0.3) is 5.56 Å². The van der Waals surface area contributed by atoms with E-state index < -0.39 is 0 Å². The Balaban J connectivity index is 1.71. The molecule has 0 amide bonds. The van der Waals surface area contributed by atoms with E-state index in [1.165, 1.54) is 12.1 Å². The lowest BCUT2D eigenvalue weighted by molar-refractivity contribution is -0.0705. The van der Waals surface area contributed by atoms with Crippen molar-refractivity contribution < 1.29 is 9.13 Å². The van der Waals surface area contributed by atoms with Crippen LogP contribution in [0.3, 0.4) is 0 Å². The van der Waals surface area contributed by atoms with Gasteiger partial charge >= 0.3 is 0 Å². The number of hydrogen-bond donors (Lipinski definition) is 1. The highest BCUT2D eigenvalue weighted by atomic mass is 19.1. The number of H-pyrrole nitrogens is 1. The van der Waals surface area contributed by atoms with Crippen molar-refractivity contribution in [2.24, 2.45) is 0 Å². The number of benzene rings is 1. The number of aromatic nitrogens is 3. The summed E-state index contributed by atoms with van der Waals surface area (Å²) in [6.45, 7) is 8.18. The zero-order valence-corrected chi connectivity index (χ0v) is 15.7. The Kier molecular flexibility index (Phi) is 4.57. The van der Waals surface area contributed by atoms with Crippen molar-refractivity contribution >= 4 is 11.0 Å². The summed E-state index contributed by atoms with van der Waals surface area (Å²) in [6, 6.07) is 7.96. The summed E-state index contributed by atoms with van der Waals surface area (Å²) in [7, 11) is 0. The lowest BCUT2D eigenvalue weighted by atomic mass is 10.1. The molecule has 7 heteroatoms. The number of halogens is 1. The van der Waals surface area contributed by atoms with E-state index in [2.05, 4.69) is 15.0 Å². The molecule has 142 valence electrons. The first-order valence-corrected chi connectivity index (χ1v) is 9.16. The van der Waals surface area contributed by atoms with Gasteiger partial charge in [-0.3, -0.25) is 9.69 Å². The lowest BCUT2D eigenvalue weighted by Gasteiger charge is -2.35. The Bertz CT molecular complexity index is 1010. The van der Waals surface area contributed by atoms with Gasteiger partial charge in [-0.05, 0) is 51.1 Å². The standard InChI is InChI=1S/C20H23FN4O2/c1-12-9-24(10-13(2)27-12)11-15-8-18-14(3)23-25(19(18)22-20(15)26)17-6-4-16(21)5-7-17/h4-8,12-13H,9-11H2,1-3H3,(H,22,26)/t12-,13-/m0/s1. The Morgan fingerprint density at radius 2 is 1.89 bits per heavy atom. The molecule has 1 aromatic carbocycles. The summed E-state index contributed by atoms with van der Waals surface area (Å²) in [5.74, 6) is -0.309. The molecule has 1 fully saturated rings. The Hall–Kier alpha value is -2.51. The number of aryl methyl sites for hydroxylation is 1. The van der Waals surface area contributed by atoms with E-state index in [-0.39, 0.29) is 23.6 Å². The van der Waals surface area contributed by atoms with Crippen LogP contribution in [-0.4, -0.2) is 45.0 Å². The molecule has 3 heterocycles. The summed E-state index contributed by atoms with van der Waals surface area (Å²) < 4.78 is 20.6. The smallest absolute Gasteiger partial charge is 0.254 e. The fourth-order valence-electron chi connectivity index (χ4n) is 3.80.